The second kappa shape index (κ2) is 7.61. The van der Waals surface area contributed by atoms with Crippen LogP contribution < -0.4 is 10.6 Å². The van der Waals surface area contributed by atoms with E-state index in [1.54, 1.807) is 31.0 Å². The number of nitrogens with one attached hydrogen (secondary N) is 2. The highest BCUT2D eigenvalue weighted by Crippen LogP contribution is 2.30. The summed E-state index contributed by atoms with van der Waals surface area (Å²) in [6, 6.07) is 5.52. The molecule has 0 aliphatic carbocycles. The molecule has 2 aliphatic heterocycles. The van der Waals surface area contributed by atoms with Gasteiger partial charge in [0.2, 0.25) is 11.8 Å². The van der Waals surface area contributed by atoms with Gasteiger partial charge in [-0.1, -0.05) is 12.1 Å². The summed E-state index contributed by atoms with van der Waals surface area (Å²) < 4.78 is 20.3. The Morgan fingerprint density at radius 3 is 2.73 bits per heavy atom. The Kier molecular flexibility index (Phi) is 5.25. The predicted molar refractivity (Wildman–Crippen MR) is 112 cm³/mol. The van der Waals surface area contributed by atoms with Crippen LogP contribution in [0.25, 0.3) is 10.1 Å². The van der Waals surface area contributed by atoms with E-state index in [0.29, 0.717) is 5.56 Å². The Morgan fingerprint density at radius 2 is 2.07 bits per heavy atom. The van der Waals surface area contributed by atoms with E-state index < -0.39 is 17.1 Å². The lowest BCUT2D eigenvalue weighted by molar-refractivity contribution is -0.128. The number of carbonyl (C=O) groups is 3. The third-order valence-corrected chi connectivity index (χ3v) is 7.03. The molecule has 3 heterocycles. The summed E-state index contributed by atoms with van der Waals surface area (Å²) in [7, 11) is 0. The Hall–Kier alpha value is -2.55. The normalized spacial score (nSPS) is 22.7. The van der Waals surface area contributed by atoms with Gasteiger partial charge in [0.15, 0.2) is 0 Å². The summed E-state index contributed by atoms with van der Waals surface area (Å²) in [5.74, 6) is -1.12. The molecule has 160 valence electrons. The number of amides is 3. The van der Waals surface area contributed by atoms with E-state index in [-0.39, 0.29) is 56.6 Å². The van der Waals surface area contributed by atoms with E-state index >= 15 is 4.39 Å². The number of carbonyl (C=O) groups excluding carboxylic acids is 3. The van der Waals surface area contributed by atoms with Crippen molar-refractivity contribution in [3.8, 4) is 0 Å². The monoisotopic (exact) mass is 432 g/mol. The van der Waals surface area contributed by atoms with Crippen LogP contribution in [0.3, 0.4) is 0 Å². The van der Waals surface area contributed by atoms with Crippen LogP contribution in [-0.2, 0) is 9.59 Å². The molecule has 0 bridgehead atoms. The number of likely N-dealkylation sites (tertiary alicyclic amines) is 1. The van der Waals surface area contributed by atoms with Gasteiger partial charge < -0.3 is 15.5 Å². The second-order valence-corrected chi connectivity index (χ2v) is 9.54. The van der Waals surface area contributed by atoms with Crippen molar-refractivity contribution >= 4 is 39.3 Å². The molecule has 2 aromatic rings. The van der Waals surface area contributed by atoms with Gasteiger partial charge in [0, 0.05) is 49.5 Å². The first-order valence-corrected chi connectivity index (χ1v) is 10.9. The summed E-state index contributed by atoms with van der Waals surface area (Å²) >= 11 is 1.28. The highest BCUT2D eigenvalue weighted by atomic mass is 32.1. The van der Waals surface area contributed by atoms with Crippen LogP contribution in [0.1, 0.15) is 43.5 Å². The number of benzene rings is 1. The van der Waals surface area contributed by atoms with Gasteiger partial charge in [-0.15, -0.1) is 0 Å². The van der Waals surface area contributed by atoms with Crippen LogP contribution in [0.5, 0.6) is 0 Å². The van der Waals surface area contributed by atoms with Crippen LogP contribution in [-0.4, -0.2) is 57.8 Å². The first kappa shape index (κ1) is 20.7. The van der Waals surface area contributed by atoms with Gasteiger partial charge in [0.1, 0.15) is 5.67 Å². The number of aromatic nitrogens is 1. The maximum atomic E-state index is 15.3. The first-order chi connectivity index (χ1) is 14.2. The highest BCUT2D eigenvalue weighted by molar-refractivity contribution is 7.13. The van der Waals surface area contributed by atoms with Crippen molar-refractivity contribution in [2.45, 2.75) is 44.3 Å². The first-order valence-electron chi connectivity index (χ1n) is 10.1. The van der Waals surface area contributed by atoms with Crippen molar-refractivity contribution in [2.24, 2.45) is 5.92 Å². The molecule has 2 fully saturated rings. The Bertz CT molecular complexity index is 997. The van der Waals surface area contributed by atoms with Gasteiger partial charge >= 0.3 is 0 Å². The quantitative estimate of drug-likeness (QED) is 0.775. The molecular weight excluding hydrogens is 407 g/mol. The zero-order valence-electron chi connectivity index (χ0n) is 17.0. The summed E-state index contributed by atoms with van der Waals surface area (Å²) in [4.78, 5) is 38.7. The summed E-state index contributed by atoms with van der Waals surface area (Å²) in [5.41, 5.74) is -1.61. The van der Waals surface area contributed by atoms with E-state index in [0.717, 1.165) is 10.1 Å². The number of hydrogen-bond donors (Lipinski definition) is 2. The lowest BCUT2D eigenvalue weighted by Crippen LogP contribution is -2.52. The molecule has 1 aromatic carbocycles. The Labute approximate surface area is 178 Å². The van der Waals surface area contributed by atoms with Crippen molar-refractivity contribution in [1.82, 2.24) is 19.9 Å². The summed E-state index contributed by atoms with van der Waals surface area (Å²) in [5, 5.41) is 6.39. The fourth-order valence-corrected chi connectivity index (χ4v) is 5.00. The van der Waals surface area contributed by atoms with E-state index in [1.165, 1.54) is 11.5 Å². The van der Waals surface area contributed by atoms with Crippen LogP contribution in [0.4, 0.5) is 4.39 Å². The molecule has 30 heavy (non-hydrogen) atoms. The second-order valence-electron chi connectivity index (χ2n) is 8.74. The van der Waals surface area contributed by atoms with Gasteiger partial charge in [-0.2, -0.15) is 4.37 Å². The zero-order valence-corrected chi connectivity index (χ0v) is 17.9. The molecule has 7 nitrogen and oxygen atoms in total. The molecule has 2 saturated heterocycles. The third kappa shape index (κ3) is 3.90. The minimum Gasteiger partial charge on any atom is -0.353 e. The SMILES string of the molecule is CC1(C)NC(=O)CC1C(=O)NCC1(F)CCN(C(=O)c2cccc3cnsc23)CC1. The minimum atomic E-state index is -1.57. The van der Waals surface area contributed by atoms with Gasteiger partial charge in [0.05, 0.1) is 22.7 Å². The van der Waals surface area contributed by atoms with Crippen LogP contribution >= 0.6 is 11.5 Å². The summed E-state index contributed by atoms with van der Waals surface area (Å²) in [6.07, 6.45) is 2.16. The molecule has 0 saturated carbocycles. The van der Waals surface area contributed by atoms with Crippen molar-refractivity contribution in [3.63, 3.8) is 0 Å². The van der Waals surface area contributed by atoms with Gasteiger partial charge in [-0.25, -0.2) is 4.39 Å². The third-order valence-electron chi connectivity index (χ3n) is 6.18. The number of alkyl halides is 1. The molecule has 0 spiro atoms. The topological polar surface area (TPSA) is 91.4 Å². The predicted octanol–water partition coefficient (Wildman–Crippen LogP) is 2.27. The van der Waals surface area contributed by atoms with Crippen LogP contribution in [0, 0.1) is 5.92 Å². The molecule has 9 heteroatoms. The smallest absolute Gasteiger partial charge is 0.255 e. The minimum absolute atomic E-state index is 0.112. The fourth-order valence-electron chi connectivity index (χ4n) is 4.25. The molecule has 0 radical (unpaired) electrons. The number of fused-ring (bicyclic) bond motifs is 1. The van der Waals surface area contributed by atoms with E-state index in [4.69, 9.17) is 0 Å². The largest absolute Gasteiger partial charge is 0.353 e. The van der Waals surface area contributed by atoms with Crippen LogP contribution in [0.2, 0.25) is 0 Å². The maximum Gasteiger partial charge on any atom is 0.255 e. The Morgan fingerprint density at radius 1 is 1.33 bits per heavy atom. The number of hydrogen-bond acceptors (Lipinski definition) is 5. The van der Waals surface area contributed by atoms with Crippen molar-refractivity contribution in [2.75, 3.05) is 19.6 Å². The number of nitrogens with zero attached hydrogens (tertiary/aromatic N) is 2. The van der Waals surface area contributed by atoms with Gasteiger partial charge in [0.25, 0.3) is 5.91 Å². The Balaban J connectivity index is 1.34. The highest BCUT2D eigenvalue weighted by Gasteiger charge is 2.44. The number of piperidine rings is 1. The van der Waals surface area contributed by atoms with Gasteiger partial charge in [-0.3, -0.25) is 14.4 Å². The maximum absolute atomic E-state index is 15.3. The van der Waals surface area contributed by atoms with Crippen molar-refractivity contribution < 1.29 is 18.8 Å². The molecule has 4 rings (SSSR count). The molecule has 2 aliphatic rings. The number of halogens is 1. The van der Waals surface area contributed by atoms with E-state index in [1.807, 2.05) is 12.1 Å². The molecule has 1 unspecified atom stereocenters. The van der Waals surface area contributed by atoms with Crippen molar-refractivity contribution in [3.05, 3.63) is 30.0 Å². The summed E-state index contributed by atoms with van der Waals surface area (Å²) in [6.45, 7) is 4.05. The standard InChI is InChI=1S/C21H25FN4O3S/c1-20(2)15(10-16(27)25-20)18(28)23-12-21(22)6-8-26(9-7-21)19(29)14-5-3-4-13-11-24-30-17(13)14/h3-5,11,15H,6-10,12H2,1-2H3,(H,23,28)(H,25,27). The molecular formula is C21H25FN4O3S. The molecule has 2 N–H and O–H groups in total. The number of rotatable bonds is 4. The molecule has 3 amide bonds. The van der Waals surface area contributed by atoms with Crippen LogP contribution in [0.15, 0.2) is 24.4 Å². The van der Waals surface area contributed by atoms with E-state index in [9.17, 15) is 14.4 Å². The molecule has 1 aromatic heterocycles. The fraction of sp³-hybridized carbons (Fsp3) is 0.524. The lowest BCUT2D eigenvalue weighted by Gasteiger charge is -2.37. The average Bonchev–Trinajstić information content (AvgIpc) is 3.29. The van der Waals surface area contributed by atoms with Gasteiger partial charge in [-0.05, 0) is 31.4 Å². The average molecular weight is 433 g/mol. The lowest BCUT2D eigenvalue weighted by atomic mass is 9.87. The molecule has 1 atom stereocenters. The van der Waals surface area contributed by atoms with Crippen molar-refractivity contribution in [1.29, 1.82) is 0 Å². The van der Waals surface area contributed by atoms with E-state index in [2.05, 4.69) is 15.0 Å². The zero-order chi connectivity index (χ0) is 21.5.